The van der Waals surface area contributed by atoms with Gasteiger partial charge in [0.15, 0.2) is 0 Å². The number of nitrogens with zero attached hydrogens (tertiary/aromatic N) is 1. The second-order valence-corrected chi connectivity index (χ2v) is 4.63. The second kappa shape index (κ2) is 6.10. The van der Waals surface area contributed by atoms with Gasteiger partial charge in [0.25, 0.3) is 0 Å². The minimum Gasteiger partial charge on any atom is -0.497 e. The van der Waals surface area contributed by atoms with Gasteiger partial charge in [-0.3, -0.25) is 0 Å². The van der Waals surface area contributed by atoms with Crippen molar-refractivity contribution in [2.45, 2.75) is 12.5 Å². The molecule has 0 saturated heterocycles. The van der Waals surface area contributed by atoms with Crippen LogP contribution in [0.4, 0.5) is 0 Å². The lowest BCUT2D eigenvalue weighted by atomic mass is 9.97. The maximum atomic E-state index is 12.1. The molecule has 21 heavy (non-hydrogen) atoms. The molecule has 2 rings (SSSR count). The van der Waals surface area contributed by atoms with Gasteiger partial charge in [-0.1, -0.05) is 30.3 Å². The summed E-state index contributed by atoms with van der Waals surface area (Å²) in [5.74, 6) is 0.142. The maximum Gasteiger partial charge on any atom is 0.339 e. The predicted octanol–water partition coefficient (Wildman–Crippen LogP) is 3.29. The maximum absolute atomic E-state index is 12.1. The molecule has 2 aromatic rings. The number of carbonyl (C=O) groups is 1. The highest BCUT2D eigenvalue weighted by molar-refractivity contribution is 5.89. The smallest absolute Gasteiger partial charge is 0.339 e. The van der Waals surface area contributed by atoms with Gasteiger partial charge in [-0.2, -0.15) is 5.26 Å². The molecule has 0 bridgehead atoms. The molecule has 0 aliphatic carbocycles. The number of hydrogen-bond donors (Lipinski definition) is 0. The Morgan fingerprint density at radius 3 is 2.24 bits per heavy atom. The summed E-state index contributed by atoms with van der Waals surface area (Å²) in [6.07, 6.45) is 0. The average Bonchev–Trinajstić information content (AvgIpc) is 2.55. The molecule has 0 amide bonds. The summed E-state index contributed by atoms with van der Waals surface area (Å²) >= 11 is 0. The van der Waals surface area contributed by atoms with Gasteiger partial charge in [0.05, 0.1) is 12.7 Å². The SMILES string of the molecule is COc1ccc(C(C)(C#N)OC(=O)c2ccccc2)cc1. The van der Waals surface area contributed by atoms with E-state index in [1.807, 2.05) is 12.1 Å². The number of benzene rings is 2. The molecule has 0 N–H and O–H groups in total. The van der Waals surface area contributed by atoms with Crippen LogP contribution < -0.4 is 4.74 Å². The Morgan fingerprint density at radius 1 is 1.10 bits per heavy atom. The summed E-state index contributed by atoms with van der Waals surface area (Å²) in [7, 11) is 1.56. The molecular weight excluding hydrogens is 266 g/mol. The molecule has 0 spiro atoms. The summed E-state index contributed by atoms with van der Waals surface area (Å²) in [4.78, 5) is 12.1. The first-order chi connectivity index (χ1) is 10.1. The topological polar surface area (TPSA) is 59.3 Å². The zero-order valence-corrected chi connectivity index (χ0v) is 11.9. The third kappa shape index (κ3) is 3.21. The fourth-order valence-corrected chi connectivity index (χ4v) is 1.87. The van der Waals surface area contributed by atoms with E-state index >= 15 is 0 Å². The first-order valence-electron chi connectivity index (χ1n) is 6.43. The van der Waals surface area contributed by atoms with E-state index < -0.39 is 11.6 Å². The van der Waals surface area contributed by atoms with E-state index in [1.54, 1.807) is 62.6 Å². The van der Waals surface area contributed by atoms with Gasteiger partial charge in [0.1, 0.15) is 11.8 Å². The molecule has 0 fully saturated rings. The quantitative estimate of drug-likeness (QED) is 0.807. The number of nitriles is 1. The zero-order chi connectivity index (χ0) is 15.3. The number of rotatable bonds is 4. The van der Waals surface area contributed by atoms with Crippen molar-refractivity contribution >= 4 is 5.97 Å². The number of carbonyl (C=O) groups excluding carboxylic acids is 1. The van der Waals surface area contributed by atoms with Crippen molar-refractivity contribution in [2.75, 3.05) is 7.11 Å². The third-order valence-electron chi connectivity index (χ3n) is 3.16. The van der Waals surface area contributed by atoms with E-state index in [4.69, 9.17) is 9.47 Å². The number of hydrogen-bond acceptors (Lipinski definition) is 4. The highest BCUT2D eigenvalue weighted by Gasteiger charge is 2.31. The highest BCUT2D eigenvalue weighted by Crippen LogP contribution is 2.27. The molecule has 106 valence electrons. The minimum absolute atomic E-state index is 0.410. The molecule has 2 aromatic carbocycles. The van der Waals surface area contributed by atoms with Crippen LogP contribution in [-0.4, -0.2) is 13.1 Å². The molecule has 1 atom stereocenters. The van der Waals surface area contributed by atoms with Gasteiger partial charge in [-0.25, -0.2) is 4.79 Å². The van der Waals surface area contributed by atoms with Gasteiger partial charge >= 0.3 is 5.97 Å². The number of methoxy groups -OCH3 is 1. The van der Waals surface area contributed by atoms with Crippen LogP contribution >= 0.6 is 0 Å². The molecule has 0 saturated carbocycles. The minimum atomic E-state index is -1.35. The third-order valence-corrected chi connectivity index (χ3v) is 3.16. The summed E-state index contributed by atoms with van der Waals surface area (Å²) < 4.78 is 10.5. The van der Waals surface area contributed by atoms with Crippen molar-refractivity contribution in [3.8, 4) is 11.8 Å². The Morgan fingerprint density at radius 2 is 1.71 bits per heavy atom. The standard InChI is InChI=1S/C17H15NO3/c1-17(12-18,14-8-10-15(20-2)11-9-14)21-16(19)13-6-4-3-5-7-13/h3-11H,1-2H3. The van der Waals surface area contributed by atoms with Crippen LogP contribution in [0.5, 0.6) is 5.75 Å². The van der Waals surface area contributed by atoms with Crippen LogP contribution in [0.25, 0.3) is 0 Å². The van der Waals surface area contributed by atoms with E-state index in [-0.39, 0.29) is 0 Å². The van der Waals surface area contributed by atoms with Crippen molar-refractivity contribution in [1.29, 1.82) is 5.26 Å². The molecule has 0 radical (unpaired) electrons. The highest BCUT2D eigenvalue weighted by atomic mass is 16.6. The van der Waals surface area contributed by atoms with Gasteiger partial charge in [0.2, 0.25) is 5.60 Å². The fraction of sp³-hybridized carbons (Fsp3) is 0.176. The fourth-order valence-electron chi connectivity index (χ4n) is 1.87. The van der Waals surface area contributed by atoms with Crippen molar-refractivity contribution < 1.29 is 14.3 Å². The van der Waals surface area contributed by atoms with Gasteiger partial charge in [0, 0.05) is 5.56 Å². The van der Waals surface area contributed by atoms with Gasteiger partial charge in [-0.05, 0) is 31.2 Å². The van der Waals surface area contributed by atoms with E-state index in [2.05, 4.69) is 0 Å². The molecule has 4 heteroatoms. The largest absolute Gasteiger partial charge is 0.497 e. The van der Waals surface area contributed by atoms with Crippen LogP contribution in [0.2, 0.25) is 0 Å². The molecule has 1 unspecified atom stereocenters. The molecular formula is C17H15NO3. The average molecular weight is 281 g/mol. The van der Waals surface area contributed by atoms with Crippen LogP contribution in [0, 0.1) is 11.3 Å². The predicted molar refractivity (Wildman–Crippen MR) is 77.8 cm³/mol. The lowest BCUT2D eigenvalue weighted by molar-refractivity contribution is 0.0121. The normalized spacial score (nSPS) is 12.8. The van der Waals surface area contributed by atoms with Gasteiger partial charge in [-0.15, -0.1) is 0 Å². The Hall–Kier alpha value is -2.80. The van der Waals surface area contributed by atoms with E-state index in [0.29, 0.717) is 16.9 Å². The van der Waals surface area contributed by atoms with Crippen LogP contribution in [0.3, 0.4) is 0 Å². The van der Waals surface area contributed by atoms with Crippen molar-refractivity contribution in [3.05, 3.63) is 65.7 Å². The number of ether oxygens (including phenoxy) is 2. The monoisotopic (exact) mass is 281 g/mol. The molecule has 4 nitrogen and oxygen atoms in total. The Balaban J connectivity index is 2.25. The van der Waals surface area contributed by atoms with E-state index in [1.165, 1.54) is 0 Å². The van der Waals surface area contributed by atoms with Crippen LogP contribution in [-0.2, 0) is 10.3 Å². The Bertz CT molecular complexity index is 659. The Labute approximate surface area is 123 Å². The van der Waals surface area contributed by atoms with Gasteiger partial charge < -0.3 is 9.47 Å². The van der Waals surface area contributed by atoms with Crippen molar-refractivity contribution in [2.24, 2.45) is 0 Å². The number of esters is 1. The summed E-state index contributed by atoms with van der Waals surface area (Å²) in [6, 6.07) is 17.5. The first-order valence-corrected chi connectivity index (χ1v) is 6.43. The zero-order valence-electron chi connectivity index (χ0n) is 11.9. The Kier molecular flexibility index (Phi) is 4.24. The van der Waals surface area contributed by atoms with E-state index in [9.17, 15) is 10.1 Å². The van der Waals surface area contributed by atoms with Crippen LogP contribution in [0.1, 0.15) is 22.8 Å². The van der Waals surface area contributed by atoms with E-state index in [0.717, 1.165) is 0 Å². The lowest BCUT2D eigenvalue weighted by Crippen LogP contribution is -2.27. The lowest BCUT2D eigenvalue weighted by Gasteiger charge is -2.22. The summed E-state index contributed by atoms with van der Waals surface area (Å²) in [5.41, 5.74) is -0.346. The summed E-state index contributed by atoms with van der Waals surface area (Å²) in [6.45, 7) is 1.57. The first kappa shape index (κ1) is 14.6. The molecule has 0 aliphatic rings. The van der Waals surface area contributed by atoms with Crippen LogP contribution in [0.15, 0.2) is 54.6 Å². The molecule has 0 heterocycles. The van der Waals surface area contributed by atoms with Crippen molar-refractivity contribution in [1.82, 2.24) is 0 Å². The van der Waals surface area contributed by atoms with Crippen molar-refractivity contribution in [3.63, 3.8) is 0 Å². The second-order valence-electron chi connectivity index (χ2n) is 4.63. The molecule has 0 aliphatic heterocycles. The summed E-state index contributed by atoms with van der Waals surface area (Å²) in [5, 5.41) is 9.40. The molecule has 0 aromatic heterocycles.